The van der Waals surface area contributed by atoms with Crippen molar-refractivity contribution in [2.75, 3.05) is 11.5 Å². The molecule has 0 bridgehead atoms. The second kappa shape index (κ2) is 6.41. The van der Waals surface area contributed by atoms with Crippen molar-refractivity contribution in [3.8, 4) is 6.07 Å². The molecule has 0 unspecified atom stereocenters. The monoisotopic (exact) mass is 368 g/mol. The molecule has 1 N–H and O–H groups in total. The molecule has 110 valence electrons. The molecule has 1 amide bonds. The van der Waals surface area contributed by atoms with E-state index in [9.17, 15) is 13.2 Å². The Labute approximate surface area is 131 Å². The Morgan fingerprint density at radius 3 is 2.57 bits per heavy atom. The highest BCUT2D eigenvalue weighted by Crippen LogP contribution is 2.15. The number of halogens is 1. The molecule has 2 rings (SSSR count). The van der Waals surface area contributed by atoms with Gasteiger partial charge in [0.1, 0.15) is 11.6 Å². The van der Waals surface area contributed by atoms with Crippen LogP contribution in [-0.2, 0) is 14.6 Å². The van der Waals surface area contributed by atoms with E-state index in [1.54, 1.807) is 12.1 Å². The van der Waals surface area contributed by atoms with Crippen molar-refractivity contribution in [2.24, 2.45) is 0 Å². The highest BCUT2D eigenvalue weighted by atomic mass is 79.9. The molecule has 1 fully saturated rings. The summed E-state index contributed by atoms with van der Waals surface area (Å²) in [6.07, 6.45) is 1.87. The maximum Gasteiger partial charge on any atom is 0.262 e. The lowest BCUT2D eigenvalue weighted by atomic mass is 10.1. The van der Waals surface area contributed by atoms with E-state index in [4.69, 9.17) is 5.26 Å². The highest BCUT2D eigenvalue weighted by molar-refractivity contribution is 9.10. The summed E-state index contributed by atoms with van der Waals surface area (Å²) in [5.74, 6) is -0.520. The number of benzene rings is 1. The van der Waals surface area contributed by atoms with Crippen LogP contribution in [0.3, 0.4) is 0 Å². The lowest BCUT2D eigenvalue weighted by molar-refractivity contribution is -0.117. The molecule has 0 radical (unpaired) electrons. The highest BCUT2D eigenvalue weighted by Gasteiger charge is 2.29. The van der Waals surface area contributed by atoms with E-state index in [1.165, 1.54) is 6.08 Å². The number of nitrogens with one attached hydrogen (secondary N) is 1. The fraction of sp³-hybridized carbons (Fsp3) is 0.286. The van der Waals surface area contributed by atoms with Crippen LogP contribution >= 0.6 is 15.9 Å². The van der Waals surface area contributed by atoms with Crippen molar-refractivity contribution in [1.29, 1.82) is 5.26 Å². The largest absolute Gasteiger partial charge is 0.348 e. The number of rotatable bonds is 3. The SMILES string of the molecule is N#C/C(=C\c1ccc(Br)cc1)C(=O)N[C@H]1CCS(=O)(=O)C1. The van der Waals surface area contributed by atoms with Crippen LogP contribution in [0.1, 0.15) is 12.0 Å². The van der Waals surface area contributed by atoms with Crippen LogP contribution < -0.4 is 5.32 Å². The van der Waals surface area contributed by atoms with Crippen molar-refractivity contribution in [2.45, 2.75) is 12.5 Å². The van der Waals surface area contributed by atoms with Crippen molar-refractivity contribution in [3.05, 3.63) is 39.9 Å². The molecule has 5 nitrogen and oxygen atoms in total. The van der Waals surface area contributed by atoms with Crippen LogP contribution in [0.4, 0.5) is 0 Å². The number of nitrogens with zero attached hydrogens (tertiary/aromatic N) is 1. The number of sulfone groups is 1. The number of amides is 1. The lowest BCUT2D eigenvalue weighted by Gasteiger charge is -2.09. The summed E-state index contributed by atoms with van der Waals surface area (Å²) >= 11 is 3.30. The van der Waals surface area contributed by atoms with Gasteiger partial charge in [0.05, 0.1) is 11.5 Å². The molecule has 1 aromatic carbocycles. The third-order valence-corrected chi connectivity index (χ3v) is 5.41. The van der Waals surface area contributed by atoms with E-state index < -0.39 is 21.8 Å². The lowest BCUT2D eigenvalue weighted by Crippen LogP contribution is -2.36. The van der Waals surface area contributed by atoms with E-state index in [0.717, 1.165) is 10.0 Å². The first kappa shape index (κ1) is 15.7. The van der Waals surface area contributed by atoms with E-state index in [1.807, 2.05) is 18.2 Å². The molecule has 7 heteroatoms. The molecular formula is C14H13BrN2O3S. The molecule has 0 aliphatic carbocycles. The van der Waals surface area contributed by atoms with Gasteiger partial charge in [0.25, 0.3) is 5.91 Å². The molecule has 0 spiro atoms. The molecule has 0 saturated carbocycles. The summed E-state index contributed by atoms with van der Waals surface area (Å²) in [7, 11) is -3.06. The summed E-state index contributed by atoms with van der Waals surface area (Å²) in [6, 6.07) is 8.60. The van der Waals surface area contributed by atoms with Crippen molar-refractivity contribution in [3.63, 3.8) is 0 Å². The number of carbonyl (C=O) groups excluding carboxylic acids is 1. The average molecular weight is 369 g/mol. The van der Waals surface area contributed by atoms with Gasteiger partial charge in [-0.05, 0) is 30.2 Å². The van der Waals surface area contributed by atoms with E-state index in [-0.39, 0.29) is 17.1 Å². The molecular weight excluding hydrogens is 356 g/mol. The predicted octanol–water partition coefficient (Wildman–Crippen LogP) is 1.66. The van der Waals surface area contributed by atoms with Gasteiger partial charge in [0, 0.05) is 10.5 Å². The first-order chi connectivity index (χ1) is 9.89. The van der Waals surface area contributed by atoms with Crippen LogP contribution in [0.25, 0.3) is 6.08 Å². The van der Waals surface area contributed by atoms with Gasteiger partial charge < -0.3 is 5.32 Å². The minimum Gasteiger partial charge on any atom is -0.348 e. The molecule has 1 heterocycles. The minimum atomic E-state index is -3.06. The van der Waals surface area contributed by atoms with Crippen LogP contribution in [0.2, 0.25) is 0 Å². The summed E-state index contributed by atoms with van der Waals surface area (Å²) in [6.45, 7) is 0. The Balaban J connectivity index is 2.09. The molecule has 1 atom stereocenters. The Morgan fingerprint density at radius 2 is 2.05 bits per heavy atom. The van der Waals surface area contributed by atoms with Crippen LogP contribution in [0, 0.1) is 11.3 Å². The van der Waals surface area contributed by atoms with Gasteiger partial charge in [-0.15, -0.1) is 0 Å². The maximum absolute atomic E-state index is 12.0. The molecule has 21 heavy (non-hydrogen) atoms. The van der Waals surface area contributed by atoms with Gasteiger partial charge in [0.15, 0.2) is 9.84 Å². The molecule has 1 aliphatic heterocycles. The third kappa shape index (κ3) is 4.41. The Morgan fingerprint density at radius 1 is 1.38 bits per heavy atom. The number of hydrogen-bond acceptors (Lipinski definition) is 4. The topological polar surface area (TPSA) is 87.0 Å². The third-order valence-electron chi connectivity index (χ3n) is 3.11. The quantitative estimate of drug-likeness (QED) is 0.649. The summed E-state index contributed by atoms with van der Waals surface area (Å²) in [5, 5.41) is 11.7. The molecule has 0 aromatic heterocycles. The van der Waals surface area contributed by atoms with Crippen LogP contribution in [-0.4, -0.2) is 31.9 Å². The fourth-order valence-corrected chi connectivity index (χ4v) is 3.98. The molecule has 1 saturated heterocycles. The Hall–Kier alpha value is -1.65. The summed E-state index contributed by atoms with van der Waals surface area (Å²) in [5.41, 5.74) is 0.686. The van der Waals surface area contributed by atoms with E-state index in [2.05, 4.69) is 21.2 Å². The summed E-state index contributed by atoms with van der Waals surface area (Å²) < 4.78 is 23.6. The number of hydrogen-bond donors (Lipinski definition) is 1. The zero-order valence-corrected chi connectivity index (χ0v) is 13.4. The van der Waals surface area contributed by atoms with E-state index in [0.29, 0.717) is 6.42 Å². The van der Waals surface area contributed by atoms with Crippen molar-refractivity contribution in [1.82, 2.24) is 5.32 Å². The fourth-order valence-electron chi connectivity index (χ4n) is 2.05. The first-order valence-electron chi connectivity index (χ1n) is 6.28. The normalized spacial score (nSPS) is 20.8. The minimum absolute atomic E-state index is 0.0402. The van der Waals surface area contributed by atoms with Gasteiger partial charge >= 0.3 is 0 Å². The summed E-state index contributed by atoms with van der Waals surface area (Å²) in [4.78, 5) is 12.0. The molecule has 1 aromatic rings. The van der Waals surface area contributed by atoms with Crippen molar-refractivity contribution < 1.29 is 13.2 Å². The van der Waals surface area contributed by atoms with Gasteiger partial charge in [0.2, 0.25) is 0 Å². The van der Waals surface area contributed by atoms with Crippen LogP contribution in [0.15, 0.2) is 34.3 Å². The Bertz CT molecular complexity index is 718. The average Bonchev–Trinajstić information content (AvgIpc) is 2.77. The second-order valence-electron chi connectivity index (χ2n) is 4.79. The second-order valence-corrected chi connectivity index (χ2v) is 7.94. The zero-order valence-electron chi connectivity index (χ0n) is 11.0. The smallest absolute Gasteiger partial charge is 0.262 e. The predicted molar refractivity (Wildman–Crippen MR) is 82.9 cm³/mol. The number of nitriles is 1. The van der Waals surface area contributed by atoms with Gasteiger partial charge in [-0.3, -0.25) is 4.79 Å². The Kier molecular flexibility index (Phi) is 4.80. The van der Waals surface area contributed by atoms with Gasteiger partial charge in [-0.2, -0.15) is 5.26 Å². The first-order valence-corrected chi connectivity index (χ1v) is 8.90. The van der Waals surface area contributed by atoms with Gasteiger partial charge in [-0.1, -0.05) is 28.1 Å². The van der Waals surface area contributed by atoms with Crippen molar-refractivity contribution >= 4 is 37.8 Å². The van der Waals surface area contributed by atoms with E-state index >= 15 is 0 Å². The maximum atomic E-state index is 12.0. The number of carbonyl (C=O) groups is 1. The van der Waals surface area contributed by atoms with Gasteiger partial charge in [-0.25, -0.2) is 8.42 Å². The standard InChI is InChI=1S/C14H13BrN2O3S/c15-12-3-1-10(2-4-12)7-11(8-16)14(18)17-13-5-6-21(19,20)9-13/h1-4,7,13H,5-6,9H2,(H,17,18)/b11-7+/t13-/m0/s1. The molecule has 1 aliphatic rings. The van der Waals surface area contributed by atoms with Crippen LogP contribution in [0.5, 0.6) is 0 Å². The zero-order chi connectivity index (χ0) is 15.5.